The zero-order valence-electron chi connectivity index (χ0n) is 17.5. The molecule has 0 fully saturated rings. The number of aromatic nitrogens is 2. The number of carbonyl (C=O) groups is 1. The number of amides is 1. The van der Waals surface area contributed by atoms with E-state index in [1.54, 1.807) is 6.07 Å². The van der Waals surface area contributed by atoms with Crippen molar-refractivity contribution in [2.75, 3.05) is 6.54 Å². The molecule has 3 N–H and O–H groups in total. The summed E-state index contributed by atoms with van der Waals surface area (Å²) in [4.78, 5) is 13.6. The van der Waals surface area contributed by atoms with Gasteiger partial charge in [0.2, 0.25) is 0 Å². The van der Waals surface area contributed by atoms with E-state index in [0.29, 0.717) is 23.3 Å². The van der Waals surface area contributed by atoms with Crippen molar-refractivity contribution in [3.05, 3.63) is 70.3 Å². The maximum Gasteiger partial charge on any atom is 0.252 e. The average Bonchev–Trinajstić information content (AvgIpc) is 3.05. The van der Waals surface area contributed by atoms with Gasteiger partial charge in [0.05, 0.1) is 17.5 Å². The lowest BCUT2D eigenvalue weighted by molar-refractivity contribution is -0.117. The second-order valence-electron chi connectivity index (χ2n) is 7.56. The summed E-state index contributed by atoms with van der Waals surface area (Å²) in [5.41, 5.74) is 11.5. The molecule has 5 nitrogen and oxygen atoms in total. The molecule has 158 valence electrons. The lowest BCUT2D eigenvalue weighted by atomic mass is 9.87. The van der Waals surface area contributed by atoms with Gasteiger partial charge in [-0.3, -0.25) is 9.48 Å². The van der Waals surface area contributed by atoms with E-state index >= 15 is 0 Å². The summed E-state index contributed by atoms with van der Waals surface area (Å²) >= 11 is 5.60. The van der Waals surface area contributed by atoms with Crippen molar-refractivity contribution in [3.63, 3.8) is 0 Å². The van der Waals surface area contributed by atoms with Crippen LogP contribution in [-0.4, -0.2) is 33.1 Å². The number of hydrogen-bond donors (Lipinski definition) is 2. The molecule has 0 spiro atoms. The van der Waals surface area contributed by atoms with Crippen molar-refractivity contribution in [2.45, 2.75) is 39.2 Å². The number of hydrogen-bond acceptors (Lipinski definition) is 4. The standard InChI is InChI=1S/C23H27FN4OS/c1-4-16-10-20(21(30)11-19(16)22-14(2)13-26-28(22)3)23(29)27-18(12-25)9-15-6-5-7-17(24)8-15/h5-8,10,13,18H,4,9,11-12,25H2,1-3H3,(H,27,29)/t18-/m0/s1. The van der Waals surface area contributed by atoms with E-state index in [-0.39, 0.29) is 24.3 Å². The first-order valence-corrected chi connectivity index (χ1v) is 10.5. The minimum Gasteiger partial charge on any atom is -0.348 e. The van der Waals surface area contributed by atoms with Gasteiger partial charge in [-0.1, -0.05) is 31.3 Å². The minimum absolute atomic E-state index is 0.237. The molecule has 2 aromatic rings. The van der Waals surface area contributed by atoms with Gasteiger partial charge in [0.15, 0.2) is 0 Å². The number of nitrogens with zero attached hydrogens (tertiary/aromatic N) is 2. The van der Waals surface area contributed by atoms with Crippen LogP contribution in [0, 0.1) is 12.7 Å². The summed E-state index contributed by atoms with van der Waals surface area (Å²) in [6.07, 6.45) is 5.48. The number of benzene rings is 1. The molecule has 0 saturated carbocycles. The Balaban J connectivity index is 1.83. The molecule has 1 atom stereocenters. The highest BCUT2D eigenvalue weighted by Gasteiger charge is 2.26. The van der Waals surface area contributed by atoms with Crippen molar-refractivity contribution in [1.82, 2.24) is 15.1 Å². The number of aryl methyl sites for hydroxylation is 2. The van der Waals surface area contributed by atoms with Gasteiger partial charge in [-0.05, 0) is 60.2 Å². The van der Waals surface area contributed by atoms with E-state index in [1.807, 2.05) is 37.0 Å². The molecule has 0 unspecified atom stereocenters. The van der Waals surface area contributed by atoms with E-state index in [1.165, 1.54) is 12.1 Å². The van der Waals surface area contributed by atoms with Crippen molar-refractivity contribution in [3.8, 4) is 0 Å². The number of nitrogens with two attached hydrogens (primary N) is 1. The molecular formula is C23H27FN4OS. The molecule has 3 rings (SSSR count). The number of nitrogens with one attached hydrogen (secondary N) is 1. The normalized spacial score (nSPS) is 15.2. The lowest BCUT2D eigenvalue weighted by Gasteiger charge is -2.23. The number of carbonyl (C=O) groups excluding carboxylic acids is 1. The van der Waals surface area contributed by atoms with E-state index in [9.17, 15) is 9.18 Å². The Morgan fingerprint density at radius 2 is 2.20 bits per heavy atom. The Morgan fingerprint density at radius 3 is 2.80 bits per heavy atom. The van der Waals surface area contributed by atoms with Gasteiger partial charge in [0.25, 0.3) is 5.91 Å². The molecule has 1 aliphatic rings. The van der Waals surface area contributed by atoms with Crippen LogP contribution in [0.5, 0.6) is 0 Å². The van der Waals surface area contributed by atoms with Crippen LogP contribution in [0.25, 0.3) is 5.57 Å². The molecule has 1 heterocycles. The van der Waals surface area contributed by atoms with Gasteiger partial charge >= 0.3 is 0 Å². The molecular weight excluding hydrogens is 399 g/mol. The second-order valence-corrected chi connectivity index (χ2v) is 8.05. The Morgan fingerprint density at radius 1 is 1.43 bits per heavy atom. The summed E-state index contributed by atoms with van der Waals surface area (Å²) < 4.78 is 15.3. The molecule has 0 saturated heterocycles. The fraction of sp³-hybridized carbons (Fsp3) is 0.348. The maximum absolute atomic E-state index is 13.5. The largest absolute Gasteiger partial charge is 0.348 e. The second kappa shape index (κ2) is 9.45. The number of thiocarbonyl (C=S) groups is 1. The van der Waals surface area contributed by atoms with Crippen molar-refractivity contribution in [1.29, 1.82) is 0 Å². The van der Waals surface area contributed by atoms with Gasteiger partial charge in [-0.25, -0.2) is 4.39 Å². The minimum atomic E-state index is -0.308. The number of halogens is 1. The summed E-state index contributed by atoms with van der Waals surface area (Å²) in [6, 6.07) is 6.02. The third kappa shape index (κ3) is 4.74. The Hall–Kier alpha value is -2.64. The van der Waals surface area contributed by atoms with Gasteiger partial charge in [-0.2, -0.15) is 5.10 Å². The van der Waals surface area contributed by atoms with Crippen LogP contribution < -0.4 is 11.1 Å². The average molecular weight is 427 g/mol. The van der Waals surface area contributed by atoms with E-state index in [0.717, 1.165) is 34.4 Å². The smallest absolute Gasteiger partial charge is 0.252 e. The van der Waals surface area contributed by atoms with E-state index < -0.39 is 0 Å². The van der Waals surface area contributed by atoms with E-state index in [2.05, 4.69) is 17.3 Å². The van der Waals surface area contributed by atoms with Crippen LogP contribution >= 0.6 is 12.2 Å². The molecule has 7 heteroatoms. The van der Waals surface area contributed by atoms with Crippen molar-refractivity contribution >= 4 is 28.6 Å². The molecule has 0 radical (unpaired) electrons. The molecule has 0 bridgehead atoms. The SMILES string of the molecule is CCC1=C(c2c(C)cnn2C)CC(=S)C(C(=O)N[C@H](CN)Cc2cccc(F)c2)=C1. The van der Waals surface area contributed by atoms with Gasteiger partial charge in [0.1, 0.15) is 5.82 Å². The molecule has 1 aromatic heterocycles. The monoisotopic (exact) mass is 426 g/mol. The highest BCUT2D eigenvalue weighted by atomic mass is 32.1. The Bertz CT molecular complexity index is 1020. The predicted molar refractivity (Wildman–Crippen MR) is 122 cm³/mol. The Kier molecular flexibility index (Phi) is 6.95. The van der Waals surface area contributed by atoms with Crippen LogP contribution in [0.1, 0.15) is 36.6 Å². The summed E-state index contributed by atoms with van der Waals surface area (Å²) in [5.74, 6) is -0.542. The third-order valence-electron chi connectivity index (χ3n) is 5.37. The van der Waals surface area contributed by atoms with Crippen LogP contribution in [0.15, 0.2) is 47.7 Å². The van der Waals surface area contributed by atoms with Gasteiger partial charge in [-0.15, -0.1) is 0 Å². The summed E-state index contributed by atoms with van der Waals surface area (Å²) in [5, 5.41) is 7.30. The highest BCUT2D eigenvalue weighted by molar-refractivity contribution is 7.81. The first kappa shape index (κ1) is 22.1. The Labute approximate surface area is 181 Å². The maximum atomic E-state index is 13.5. The van der Waals surface area contributed by atoms with Crippen LogP contribution in [-0.2, 0) is 18.3 Å². The quantitative estimate of drug-likeness (QED) is 0.666. The van der Waals surface area contributed by atoms with Crippen LogP contribution in [0.3, 0.4) is 0 Å². The summed E-state index contributed by atoms with van der Waals surface area (Å²) in [7, 11) is 1.91. The first-order chi connectivity index (χ1) is 14.3. The predicted octanol–water partition coefficient (Wildman–Crippen LogP) is 3.42. The number of rotatable bonds is 7. The highest BCUT2D eigenvalue weighted by Crippen LogP contribution is 2.33. The summed E-state index contributed by atoms with van der Waals surface area (Å²) in [6.45, 7) is 4.34. The van der Waals surface area contributed by atoms with Crippen molar-refractivity contribution < 1.29 is 9.18 Å². The molecule has 1 aliphatic carbocycles. The topological polar surface area (TPSA) is 72.9 Å². The zero-order valence-corrected chi connectivity index (χ0v) is 18.4. The third-order valence-corrected chi connectivity index (χ3v) is 5.73. The van der Waals surface area contributed by atoms with Gasteiger partial charge < -0.3 is 11.1 Å². The zero-order chi connectivity index (χ0) is 21.8. The molecule has 30 heavy (non-hydrogen) atoms. The van der Waals surface area contributed by atoms with Crippen molar-refractivity contribution in [2.24, 2.45) is 12.8 Å². The van der Waals surface area contributed by atoms with Gasteiger partial charge in [0, 0.05) is 30.9 Å². The van der Waals surface area contributed by atoms with E-state index in [4.69, 9.17) is 18.0 Å². The molecule has 1 aromatic carbocycles. The van der Waals surface area contributed by atoms with Crippen LogP contribution in [0.4, 0.5) is 4.39 Å². The number of allylic oxidation sites excluding steroid dienone is 3. The fourth-order valence-corrected chi connectivity index (χ4v) is 4.14. The molecule has 1 amide bonds. The van der Waals surface area contributed by atoms with Crippen LogP contribution in [0.2, 0.25) is 0 Å². The lowest BCUT2D eigenvalue weighted by Crippen LogP contribution is -2.43. The first-order valence-electron chi connectivity index (χ1n) is 10.0. The fourth-order valence-electron chi connectivity index (χ4n) is 3.84. The molecule has 0 aliphatic heterocycles.